The summed E-state index contributed by atoms with van der Waals surface area (Å²) in [6.45, 7) is 2.52. The summed E-state index contributed by atoms with van der Waals surface area (Å²) in [7, 11) is 0. The van der Waals surface area contributed by atoms with Gasteiger partial charge in [0.05, 0.1) is 11.7 Å². The van der Waals surface area contributed by atoms with E-state index >= 15 is 0 Å². The zero-order valence-electron chi connectivity index (χ0n) is 14.5. The van der Waals surface area contributed by atoms with Gasteiger partial charge in [-0.3, -0.25) is 0 Å². The average Bonchev–Trinajstić information content (AvgIpc) is 2.65. The number of nitrogens with zero attached hydrogens (tertiary/aromatic N) is 2. The second-order valence-corrected chi connectivity index (χ2v) is 7.49. The first-order chi connectivity index (χ1) is 12.2. The van der Waals surface area contributed by atoms with Gasteiger partial charge in [-0.2, -0.15) is 5.26 Å². The number of nitriles is 1. The molecule has 0 radical (unpaired) electrons. The molecule has 3 rings (SSSR count). The Bertz CT molecular complexity index is 768. The number of fused-ring (bicyclic) bond motifs is 1. The van der Waals surface area contributed by atoms with Gasteiger partial charge in [-0.1, -0.05) is 17.7 Å². The molecule has 1 aromatic carbocycles. The molecule has 1 aliphatic rings. The highest BCUT2D eigenvalue weighted by molar-refractivity contribution is 7.99. The summed E-state index contributed by atoms with van der Waals surface area (Å²) in [6, 6.07) is 12.3. The highest BCUT2D eigenvalue weighted by Gasteiger charge is 2.16. The molecule has 2 aromatic rings. The van der Waals surface area contributed by atoms with Crippen LogP contribution in [-0.4, -0.2) is 28.5 Å². The molecule has 4 nitrogen and oxygen atoms in total. The van der Waals surface area contributed by atoms with E-state index in [1.165, 1.54) is 35.7 Å². The number of pyridine rings is 1. The molecule has 0 aliphatic heterocycles. The Hall–Kier alpha value is -2.03. The number of hydrogen-bond donors (Lipinski definition) is 2. The zero-order valence-corrected chi connectivity index (χ0v) is 15.3. The number of rotatable bonds is 6. The third-order valence-electron chi connectivity index (χ3n) is 4.39. The molecule has 5 heteroatoms. The molecule has 1 atom stereocenters. The van der Waals surface area contributed by atoms with Gasteiger partial charge in [-0.05, 0) is 56.4 Å². The largest absolute Gasteiger partial charge is 0.390 e. The molecule has 25 heavy (non-hydrogen) atoms. The Kier molecular flexibility index (Phi) is 5.95. The van der Waals surface area contributed by atoms with E-state index in [1.807, 2.05) is 37.3 Å². The van der Waals surface area contributed by atoms with Crippen molar-refractivity contribution in [3.05, 3.63) is 52.7 Å². The molecule has 2 N–H and O–H groups in total. The fourth-order valence-corrected chi connectivity index (χ4v) is 3.85. The van der Waals surface area contributed by atoms with Gasteiger partial charge < -0.3 is 10.4 Å². The van der Waals surface area contributed by atoms with E-state index in [2.05, 4.69) is 11.4 Å². The maximum absolute atomic E-state index is 10.2. The van der Waals surface area contributed by atoms with Crippen molar-refractivity contribution >= 4 is 17.4 Å². The average molecular weight is 353 g/mol. The van der Waals surface area contributed by atoms with Crippen LogP contribution in [0.1, 0.15) is 35.2 Å². The van der Waals surface area contributed by atoms with Crippen molar-refractivity contribution in [2.75, 3.05) is 17.6 Å². The maximum Gasteiger partial charge on any atom is 0.114 e. The predicted octanol–water partition coefficient (Wildman–Crippen LogP) is 3.71. The summed E-state index contributed by atoms with van der Waals surface area (Å²) >= 11 is 1.47. The first-order valence-corrected chi connectivity index (χ1v) is 9.68. The number of benzene rings is 1. The maximum atomic E-state index is 10.2. The van der Waals surface area contributed by atoms with Gasteiger partial charge >= 0.3 is 0 Å². The van der Waals surface area contributed by atoms with Crippen LogP contribution in [0.2, 0.25) is 0 Å². The van der Waals surface area contributed by atoms with E-state index in [0.29, 0.717) is 17.9 Å². The molecule has 1 aliphatic carbocycles. The van der Waals surface area contributed by atoms with Crippen molar-refractivity contribution in [1.29, 1.82) is 5.26 Å². The van der Waals surface area contributed by atoms with Crippen LogP contribution in [0.3, 0.4) is 0 Å². The van der Waals surface area contributed by atoms with Gasteiger partial charge in [0.25, 0.3) is 0 Å². The van der Waals surface area contributed by atoms with E-state index in [-0.39, 0.29) is 0 Å². The van der Waals surface area contributed by atoms with E-state index < -0.39 is 6.10 Å². The second kappa shape index (κ2) is 8.37. The van der Waals surface area contributed by atoms with Crippen LogP contribution in [0.15, 0.2) is 35.4 Å². The first-order valence-electron chi connectivity index (χ1n) is 8.70. The number of aromatic nitrogens is 1. The van der Waals surface area contributed by atoms with Crippen molar-refractivity contribution in [1.82, 2.24) is 4.98 Å². The molecule has 0 saturated carbocycles. The highest BCUT2D eigenvalue weighted by atomic mass is 32.2. The van der Waals surface area contributed by atoms with Gasteiger partial charge in [-0.25, -0.2) is 4.98 Å². The van der Waals surface area contributed by atoms with Crippen LogP contribution < -0.4 is 5.32 Å². The van der Waals surface area contributed by atoms with Crippen LogP contribution in [-0.2, 0) is 12.8 Å². The summed E-state index contributed by atoms with van der Waals surface area (Å²) in [6.07, 6.45) is 3.85. The Morgan fingerprint density at radius 2 is 2.04 bits per heavy atom. The van der Waals surface area contributed by atoms with Crippen LogP contribution in [0, 0.1) is 18.3 Å². The van der Waals surface area contributed by atoms with Crippen LogP contribution >= 0.6 is 11.8 Å². The lowest BCUT2D eigenvalue weighted by Crippen LogP contribution is -2.22. The van der Waals surface area contributed by atoms with Crippen LogP contribution in [0.5, 0.6) is 0 Å². The van der Waals surface area contributed by atoms with Crippen LogP contribution in [0.4, 0.5) is 5.69 Å². The lowest BCUT2D eigenvalue weighted by atomic mass is 9.95. The molecular formula is C20H23N3OS. The van der Waals surface area contributed by atoms with Crippen LogP contribution in [0.25, 0.3) is 0 Å². The zero-order chi connectivity index (χ0) is 17.6. The van der Waals surface area contributed by atoms with E-state index in [4.69, 9.17) is 4.98 Å². The van der Waals surface area contributed by atoms with Gasteiger partial charge in [0.1, 0.15) is 11.1 Å². The molecule has 1 heterocycles. The fraction of sp³-hybridized carbons (Fsp3) is 0.400. The van der Waals surface area contributed by atoms with E-state index in [9.17, 15) is 10.4 Å². The molecule has 0 bridgehead atoms. The Morgan fingerprint density at radius 3 is 2.80 bits per heavy atom. The Balaban J connectivity index is 1.57. The summed E-state index contributed by atoms with van der Waals surface area (Å²) < 4.78 is 0. The summed E-state index contributed by atoms with van der Waals surface area (Å²) in [5.74, 6) is 0.513. The normalized spacial score (nSPS) is 14.4. The number of aryl methyl sites for hydroxylation is 3. The highest BCUT2D eigenvalue weighted by Crippen LogP contribution is 2.27. The molecular weight excluding hydrogens is 330 g/mol. The molecule has 0 amide bonds. The van der Waals surface area contributed by atoms with E-state index in [1.54, 1.807) is 0 Å². The van der Waals surface area contributed by atoms with Crippen molar-refractivity contribution in [3.8, 4) is 6.07 Å². The minimum atomic E-state index is -0.504. The summed E-state index contributed by atoms with van der Waals surface area (Å²) in [5, 5.41) is 23.6. The molecule has 0 fully saturated rings. The van der Waals surface area contributed by atoms with Crippen molar-refractivity contribution in [3.63, 3.8) is 0 Å². The third-order valence-corrected chi connectivity index (χ3v) is 5.53. The smallest absolute Gasteiger partial charge is 0.114 e. The molecule has 130 valence electrons. The van der Waals surface area contributed by atoms with Gasteiger partial charge in [0.15, 0.2) is 0 Å². The number of hydrogen-bond acceptors (Lipinski definition) is 5. The lowest BCUT2D eigenvalue weighted by Gasteiger charge is -2.17. The number of aliphatic hydroxyl groups excluding tert-OH is 1. The van der Waals surface area contributed by atoms with Crippen molar-refractivity contribution < 1.29 is 5.11 Å². The standard InChI is InChI=1S/C20H23N3OS/c1-14-6-8-17(9-7-14)22-12-18(24)13-25-20-16(11-21)10-15-4-2-3-5-19(15)23-20/h6-10,18,22,24H,2-5,12-13H2,1H3. The summed E-state index contributed by atoms with van der Waals surface area (Å²) in [4.78, 5) is 4.69. The minimum absolute atomic E-state index is 0.475. The molecule has 0 spiro atoms. The molecule has 1 unspecified atom stereocenters. The summed E-state index contributed by atoms with van der Waals surface area (Å²) in [5.41, 5.74) is 5.18. The monoisotopic (exact) mass is 353 g/mol. The first kappa shape index (κ1) is 17.8. The predicted molar refractivity (Wildman–Crippen MR) is 102 cm³/mol. The quantitative estimate of drug-likeness (QED) is 0.775. The number of anilines is 1. The third kappa shape index (κ3) is 4.75. The van der Waals surface area contributed by atoms with Gasteiger partial charge in [-0.15, -0.1) is 11.8 Å². The SMILES string of the molecule is Cc1ccc(NCC(O)CSc2nc3c(cc2C#N)CCCC3)cc1. The van der Waals surface area contributed by atoms with Gasteiger partial charge in [0.2, 0.25) is 0 Å². The topological polar surface area (TPSA) is 68.9 Å². The van der Waals surface area contributed by atoms with Gasteiger partial charge in [0, 0.05) is 23.7 Å². The van der Waals surface area contributed by atoms with Crippen molar-refractivity contribution in [2.24, 2.45) is 0 Å². The number of aliphatic hydroxyl groups is 1. The Morgan fingerprint density at radius 1 is 1.28 bits per heavy atom. The Labute approximate surface area is 153 Å². The minimum Gasteiger partial charge on any atom is -0.390 e. The number of nitrogens with one attached hydrogen (secondary N) is 1. The molecule has 0 saturated heterocycles. The van der Waals surface area contributed by atoms with E-state index in [0.717, 1.165) is 29.2 Å². The lowest BCUT2D eigenvalue weighted by molar-refractivity contribution is 0.213. The number of thioether (sulfide) groups is 1. The second-order valence-electron chi connectivity index (χ2n) is 6.48. The molecule has 1 aromatic heterocycles. The fourth-order valence-electron chi connectivity index (χ4n) is 2.95. The van der Waals surface area contributed by atoms with Crippen molar-refractivity contribution in [2.45, 2.75) is 43.7 Å².